The molecule has 0 heterocycles. The third-order valence-electron chi connectivity index (χ3n) is 4.13. The second-order valence-electron chi connectivity index (χ2n) is 5.32. The SMILES string of the molecule is N#Cc1ccc(C2CCC(CCCO)CC2)cc1. The van der Waals surface area contributed by atoms with Crippen LogP contribution in [0.1, 0.15) is 55.6 Å². The van der Waals surface area contributed by atoms with Crippen LogP contribution in [0.5, 0.6) is 0 Å². The minimum Gasteiger partial charge on any atom is -0.396 e. The first-order valence-electron chi connectivity index (χ1n) is 6.94. The monoisotopic (exact) mass is 243 g/mol. The van der Waals surface area contributed by atoms with Crippen LogP contribution in [-0.2, 0) is 0 Å². The van der Waals surface area contributed by atoms with Gasteiger partial charge in [-0.2, -0.15) is 5.26 Å². The smallest absolute Gasteiger partial charge is 0.0991 e. The lowest BCUT2D eigenvalue weighted by atomic mass is 9.77. The highest BCUT2D eigenvalue weighted by molar-refractivity contribution is 5.33. The molecular weight excluding hydrogens is 222 g/mol. The topological polar surface area (TPSA) is 44.0 Å². The lowest BCUT2D eigenvalue weighted by molar-refractivity contribution is 0.246. The Hall–Kier alpha value is -1.33. The number of aliphatic hydroxyl groups is 1. The molecule has 0 saturated heterocycles. The van der Waals surface area contributed by atoms with Gasteiger partial charge in [0.05, 0.1) is 11.6 Å². The maximum Gasteiger partial charge on any atom is 0.0991 e. The average Bonchev–Trinajstić information content (AvgIpc) is 2.46. The molecule has 1 saturated carbocycles. The summed E-state index contributed by atoms with van der Waals surface area (Å²) in [4.78, 5) is 0. The molecule has 0 unspecified atom stereocenters. The van der Waals surface area contributed by atoms with Crippen molar-refractivity contribution >= 4 is 0 Å². The Bertz CT molecular complexity index is 396. The van der Waals surface area contributed by atoms with Crippen molar-refractivity contribution in [1.29, 1.82) is 5.26 Å². The molecule has 2 rings (SSSR count). The summed E-state index contributed by atoms with van der Waals surface area (Å²) >= 11 is 0. The zero-order chi connectivity index (χ0) is 12.8. The molecule has 1 aliphatic rings. The Morgan fingerprint density at radius 1 is 1.11 bits per heavy atom. The Balaban J connectivity index is 1.87. The summed E-state index contributed by atoms with van der Waals surface area (Å²) in [6.45, 7) is 0.329. The van der Waals surface area contributed by atoms with Gasteiger partial charge in [-0.3, -0.25) is 0 Å². The van der Waals surface area contributed by atoms with E-state index in [4.69, 9.17) is 10.4 Å². The highest BCUT2D eigenvalue weighted by atomic mass is 16.2. The maximum absolute atomic E-state index is 8.85. The van der Waals surface area contributed by atoms with Crippen LogP contribution in [0.2, 0.25) is 0 Å². The van der Waals surface area contributed by atoms with E-state index in [9.17, 15) is 0 Å². The van der Waals surface area contributed by atoms with Crippen LogP contribution < -0.4 is 0 Å². The second-order valence-corrected chi connectivity index (χ2v) is 5.32. The highest BCUT2D eigenvalue weighted by Gasteiger charge is 2.21. The van der Waals surface area contributed by atoms with Gasteiger partial charge in [0, 0.05) is 6.61 Å². The molecule has 0 amide bonds. The van der Waals surface area contributed by atoms with Gasteiger partial charge in [0.1, 0.15) is 0 Å². The van der Waals surface area contributed by atoms with E-state index in [-0.39, 0.29) is 0 Å². The molecule has 2 nitrogen and oxygen atoms in total. The average molecular weight is 243 g/mol. The summed E-state index contributed by atoms with van der Waals surface area (Å²) in [7, 11) is 0. The minimum absolute atomic E-state index is 0.329. The first-order valence-corrected chi connectivity index (χ1v) is 6.94. The fourth-order valence-corrected chi connectivity index (χ4v) is 2.99. The van der Waals surface area contributed by atoms with Gasteiger partial charge in [-0.15, -0.1) is 0 Å². The lowest BCUT2D eigenvalue weighted by Crippen LogP contribution is -2.13. The second kappa shape index (κ2) is 6.56. The molecule has 0 aromatic heterocycles. The van der Waals surface area contributed by atoms with Gasteiger partial charge in [-0.25, -0.2) is 0 Å². The van der Waals surface area contributed by atoms with Crippen molar-refractivity contribution in [3.05, 3.63) is 35.4 Å². The molecule has 1 aliphatic carbocycles. The van der Waals surface area contributed by atoms with E-state index in [2.05, 4.69) is 18.2 Å². The van der Waals surface area contributed by atoms with Gasteiger partial charge in [-0.1, -0.05) is 12.1 Å². The molecule has 1 fully saturated rings. The zero-order valence-electron chi connectivity index (χ0n) is 10.8. The van der Waals surface area contributed by atoms with E-state index in [1.165, 1.54) is 37.7 Å². The maximum atomic E-state index is 8.85. The summed E-state index contributed by atoms with van der Waals surface area (Å²) < 4.78 is 0. The summed E-state index contributed by atoms with van der Waals surface area (Å²) in [6, 6.07) is 10.2. The van der Waals surface area contributed by atoms with E-state index in [0.29, 0.717) is 12.5 Å². The number of rotatable bonds is 4. The quantitative estimate of drug-likeness (QED) is 0.878. The Morgan fingerprint density at radius 3 is 2.33 bits per heavy atom. The largest absolute Gasteiger partial charge is 0.396 e. The zero-order valence-corrected chi connectivity index (χ0v) is 10.8. The van der Waals surface area contributed by atoms with Gasteiger partial charge in [-0.05, 0) is 68.1 Å². The summed E-state index contributed by atoms with van der Waals surface area (Å²) in [5, 5.41) is 17.6. The lowest BCUT2D eigenvalue weighted by Gasteiger charge is -2.28. The Morgan fingerprint density at radius 2 is 1.78 bits per heavy atom. The van der Waals surface area contributed by atoms with Crippen molar-refractivity contribution in [3.63, 3.8) is 0 Å². The number of hydrogen-bond acceptors (Lipinski definition) is 2. The van der Waals surface area contributed by atoms with Crippen LogP contribution >= 0.6 is 0 Å². The van der Waals surface area contributed by atoms with E-state index >= 15 is 0 Å². The predicted octanol–water partition coefficient (Wildman–Crippen LogP) is 3.60. The number of benzene rings is 1. The van der Waals surface area contributed by atoms with Crippen LogP contribution in [0.25, 0.3) is 0 Å². The van der Waals surface area contributed by atoms with Crippen molar-refractivity contribution in [3.8, 4) is 6.07 Å². The highest BCUT2D eigenvalue weighted by Crippen LogP contribution is 2.37. The van der Waals surface area contributed by atoms with Gasteiger partial charge < -0.3 is 5.11 Å². The fourth-order valence-electron chi connectivity index (χ4n) is 2.99. The molecule has 18 heavy (non-hydrogen) atoms. The molecule has 1 aromatic rings. The minimum atomic E-state index is 0.329. The van der Waals surface area contributed by atoms with Crippen molar-refractivity contribution in [1.82, 2.24) is 0 Å². The molecule has 0 aliphatic heterocycles. The summed E-state index contributed by atoms with van der Waals surface area (Å²) in [6.07, 6.45) is 7.20. The molecule has 0 spiro atoms. The van der Waals surface area contributed by atoms with Gasteiger partial charge in [0.25, 0.3) is 0 Å². The predicted molar refractivity (Wildman–Crippen MR) is 72.2 cm³/mol. The molecule has 96 valence electrons. The third kappa shape index (κ3) is 3.34. The van der Waals surface area contributed by atoms with Crippen LogP contribution in [0.4, 0.5) is 0 Å². The normalized spacial score (nSPS) is 23.6. The fraction of sp³-hybridized carbons (Fsp3) is 0.562. The standard InChI is InChI=1S/C16H21NO/c17-12-14-5-9-16(10-6-14)15-7-3-13(4-8-15)2-1-11-18/h5-6,9-10,13,15,18H,1-4,7-8,11H2. The molecular formula is C16H21NO. The first kappa shape index (κ1) is 13.1. The summed E-state index contributed by atoms with van der Waals surface area (Å²) in [5.74, 6) is 1.48. The van der Waals surface area contributed by atoms with Crippen molar-refractivity contribution < 1.29 is 5.11 Å². The molecule has 1 aromatic carbocycles. The van der Waals surface area contributed by atoms with E-state index < -0.39 is 0 Å². The molecule has 0 radical (unpaired) electrons. The number of hydrogen-bond donors (Lipinski definition) is 1. The van der Waals surface area contributed by atoms with Gasteiger partial charge in [0.15, 0.2) is 0 Å². The van der Waals surface area contributed by atoms with E-state index in [1.807, 2.05) is 12.1 Å². The molecule has 2 heteroatoms. The summed E-state index contributed by atoms with van der Waals surface area (Å²) in [5.41, 5.74) is 2.13. The first-order chi connectivity index (χ1) is 8.83. The molecule has 0 bridgehead atoms. The number of nitriles is 1. The molecule has 0 atom stereocenters. The van der Waals surface area contributed by atoms with Crippen molar-refractivity contribution in [2.75, 3.05) is 6.61 Å². The van der Waals surface area contributed by atoms with Crippen molar-refractivity contribution in [2.24, 2.45) is 5.92 Å². The van der Waals surface area contributed by atoms with E-state index in [0.717, 1.165) is 17.9 Å². The third-order valence-corrected chi connectivity index (χ3v) is 4.13. The van der Waals surface area contributed by atoms with Gasteiger partial charge in [0.2, 0.25) is 0 Å². The van der Waals surface area contributed by atoms with Crippen LogP contribution in [0.15, 0.2) is 24.3 Å². The van der Waals surface area contributed by atoms with Crippen LogP contribution in [0, 0.1) is 17.2 Å². The Labute approximate surface area is 109 Å². The van der Waals surface area contributed by atoms with E-state index in [1.54, 1.807) is 0 Å². The van der Waals surface area contributed by atoms with Crippen LogP contribution in [-0.4, -0.2) is 11.7 Å². The van der Waals surface area contributed by atoms with Crippen LogP contribution in [0.3, 0.4) is 0 Å². The number of nitrogens with zero attached hydrogens (tertiary/aromatic N) is 1. The molecule has 1 N–H and O–H groups in total. The van der Waals surface area contributed by atoms with Gasteiger partial charge >= 0.3 is 0 Å². The van der Waals surface area contributed by atoms with Crippen molar-refractivity contribution in [2.45, 2.75) is 44.4 Å². The Kier molecular flexibility index (Phi) is 4.78. The number of aliphatic hydroxyl groups excluding tert-OH is 1.